The van der Waals surface area contributed by atoms with Gasteiger partial charge in [-0.25, -0.2) is 0 Å². The second kappa shape index (κ2) is 4.45. The number of nitrogens with one attached hydrogen (secondary N) is 1. The predicted molar refractivity (Wildman–Crippen MR) is 83.2 cm³/mol. The van der Waals surface area contributed by atoms with Gasteiger partial charge >= 0.3 is 0 Å². The van der Waals surface area contributed by atoms with Crippen molar-refractivity contribution in [1.82, 2.24) is 4.98 Å². The molecule has 0 saturated carbocycles. The lowest BCUT2D eigenvalue weighted by molar-refractivity contribution is 0.0978. The maximum absolute atomic E-state index is 12.8. The van der Waals surface area contributed by atoms with E-state index in [4.69, 9.17) is 16.3 Å². The molecule has 2 aromatic carbocycles. The normalized spacial score (nSPS) is 13.2. The van der Waals surface area contributed by atoms with Crippen molar-refractivity contribution >= 4 is 34.1 Å². The fourth-order valence-corrected chi connectivity index (χ4v) is 3.15. The Morgan fingerprint density at radius 2 is 1.73 bits per heavy atom. The van der Waals surface area contributed by atoms with Crippen LogP contribution in [0.5, 0.6) is 5.75 Å². The van der Waals surface area contributed by atoms with E-state index in [1.165, 1.54) is 7.11 Å². The van der Waals surface area contributed by atoms with Crippen LogP contribution in [0.15, 0.2) is 36.4 Å². The van der Waals surface area contributed by atoms with E-state index in [9.17, 15) is 9.59 Å². The van der Waals surface area contributed by atoms with Crippen LogP contribution in [0.4, 0.5) is 0 Å². The van der Waals surface area contributed by atoms with Crippen molar-refractivity contribution in [2.45, 2.75) is 0 Å². The van der Waals surface area contributed by atoms with E-state index in [-0.39, 0.29) is 11.6 Å². The van der Waals surface area contributed by atoms with Gasteiger partial charge in [0.25, 0.3) is 0 Å². The molecule has 1 heterocycles. The molecule has 22 heavy (non-hydrogen) atoms. The van der Waals surface area contributed by atoms with Crippen LogP contribution in [-0.4, -0.2) is 23.7 Å². The SMILES string of the molecule is COc1cc2c3c([nH]c2cc1Cl)C(=O)c1ccccc1C3=O. The highest BCUT2D eigenvalue weighted by molar-refractivity contribution is 6.35. The summed E-state index contributed by atoms with van der Waals surface area (Å²) in [6.07, 6.45) is 0. The third-order valence-electron chi connectivity index (χ3n) is 3.94. The summed E-state index contributed by atoms with van der Waals surface area (Å²) in [5, 5.41) is 1.06. The van der Waals surface area contributed by atoms with Gasteiger partial charge < -0.3 is 9.72 Å². The van der Waals surface area contributed by atoms with E-state index in [1.807, 2.05) is 0 Å². The van der Waals surface area contributed by atoms with Crippen molar-refractivity contribution in [3.05, 3.63) is 63.8 Å². The van der Waals surface area contributed by atoms with Crippen molar-refractivity contribution in [1.29, 1.82) is 0 Å². The number of H-pyrrole nitrogens is 1. The second-order valence-electron chi connectivity index (χ2n) is 5.11. The van der Waals surface area contributed by atoms with Gasteiger partial charge in [0, 0.05) is 22.0 Å². The summed E-state index contributed by atoms with van der Waals surface area (Å²) in [6, 6.07) is 10.2. The molecule has 0 bridgehead atoms. The van der Waals surface area contributed by atoms with Gasteiger partial charge in [-0.1, -0.05) is 35.9 Å². The minimum absolute atomic E-state index is 0.166. The molecule has 3 aromatic rings. The van der Waals surface area contributed by atoms with Crippen LogP contribution in [0.1, 0.15) is 32.0 Å². The maximum atomic E-state index is 12.8. The largest absolute Gasteiger partial charge is 0.495 e. The van der Waals surface area contributed by atoms with E-state index in [0.717, 1.165) is 0 Å². The number of methoxy groups -OCH3 is 1. The molecule has 0 unspecified atom stereocenters. The van der Waals surface area contributed by atoms with Crippen LogP contribution in [0.2, 0.25) is 5.02 Å². The summed E-state index contributed by atoms with van der Waals surface area (Å²) >= 11 is 6.11. The quantitative estimate of drug-likeness (QED) is 0.584. The Bertz CT molecular complexity index is 971. The van der Waals surface area contributed by atoms with E-state index < -0.39 is 0 Å². The smallest absolute Gasteiger partial charge is 0.210 e. The molecule has 0 aliphatic heterocycles. The molecular weight excluding hydrogens is 302 g/mol. The highest BCUT2D eigenvalue weighted by Crippen LogP contribution is 2.37. The first-order valence-electron chi connectivity index (χ1n) is 6.69. The highest BCUT2D eigenvalue weighted by atomic mass is 35.5. The van der Waals surface area contributed by atoms with E-state index in [2.05, 4.69) is 4.98 Å². The first-order chi connectivity index (χ1) is 10.6. The van der Waals surface area contributed by atoms with Gasteiger partial charge in [-0.2, -0.15) is 0 Å². The van der Waals surface area contributed by atoms with Crippen LogP contribution in [0, 0.1) is 0 Å². The standard InChI is InChI=1S/C17H10ClNO3/c1-22-13-6-10-12(7-11(13)18)19-15-14(10)16(20)8-4-2-3-5-9(8)17(15)21/h2-7,19H,1H3. The van der Waals surface area contributed by atoms with Gasteiger partial charge in [0.15, 0.2) is 5.78 Å². The number of rotatable bonds is 1. The topological polar surface area (TPSA) is 59.2 Å². The number of carbonyl (C=O) groups excluding carboxylic acids is 2. The monoisotopic (exact) mass is 311 g/mol. The lowest BCUT2D eigenvalue weighted by atomic mass is 9.87. The molecule has 0 atom stereocenters. The summed E-state index contributed by atoms with van der Waals surface area (Å²) in [6.45, 7) is 0. The number of aromatic nitrogens is 1. The Hall–Kier alpha value is -2.59. The third kappa shape index (κ3) is 1.58. The van der Waals surface area contributed by atoms with E-state index in [1.54, 1.807) is 36.4 Å². The first kappa shape index (κ1) is 13.1. The first-order valence-corrected chi connectivity index (χ1v) is 7.07. The molecule has 4 nitrogen and oxygen atoms in total. The van der Waals surface area contributed by atoms with Gasteiger partial charge in [-0.3, -0.25) is 9.59 Å². The van der Waals surface area contributed by atoms with Crippen LogP contribution in [0.25, 0.3) is 10.9 Å². The van der Waals surface area contributed by atoms with E-state index in [0.29, 0.717) is 44.1 Å². The van der Waals surface area contributed by atoms with Crippen LogP contribution < -0.4 is 4.74 Å². The predicted octanol–water partition coefficient (Wildman–Crippen LogP) is 3.61. The number of ketones is 2. The van der Waals surface area contributed by atoms with Gasteiger partial charge in [-0.15, -0.1) is 0 Å². The summed E-state index contributed by atoms with van der Waals surface area (Å²) in [5.74, 6) is 0.118. The molecule has 1 aliphatic rings. The highest BCUT2D eigenvalue weighted by Gasteiger charge is 2.33. The Labute approximate surface area is 130 Å². The maximum Gasteiger partial charge on any atom is 0.210 e. The van der Waals surface area contributed by atoms with Gasteiger partial charge in [0.1, 0.15) is 5.75 Å². The number of ether oxygens (including phenoxy) is 1. The summed E-state index contributed by atoms with van der Waals surface area (Å²) in [7, 11) is 1.51. The molecule has 4 rings (SSSR count). The Kier molecular flexibility index (Phi) is 2.65. The van der Waals surface area contributed by atoms with Crippen molar-refractivity contribution < 1.29 is 14.3 Å². The van der Waals surface area contributed by atoms with Crippen molar-refractivity contribution in [2.75, 3.05) is 7.11 Å². The van der Waals surface area contributed by atoms with E-state index >= 15 is 0 Å². The second-order valence-corrected chi connectivity index (χ2v) is 5.52. The molecule has 1 aliphatic carbocycles. The molecular formula is C17H10ClNO3. The molecule has 108 valence electrons. The third-order valence-corrected chi connectivity index (χ3v) is 4.24. The molecule has 0 radical (unpaired) electrons. The van der Waals surface area contributed by atoms with Crippen molar-refractivity contribution in [3.63, 3.8) is 0 Å². The number of halogens is 1. The van der Waals surface area contributed by atoms with Crippen LogP contribution >= 0.6 is 11.6 Å². The van der Waals surface area contributed by atoms with Crippen molar-refractivity contribution in [2.24, 2.45) is 0 Å². The minimum Gasteiger partial charge on any atom is -0.495 e. The average molecular weight is 312 g/mol. The lowest BCUT2D eigenvalue weighted by Crippen LogP contribution is -2.20. The zero-order valence-electron chi connectivity index (χ0n) is 11.6. The Balaban J connectivity index is 2.08. The molecule has 0 amide bonds. The number of hydrogen-bond acceptors (Lipinski definition) is 3. The zero-order chi connectivity index (χ0) is 15.4. The van der Waals surface area contributed by atoms with Gasteiger partial charge in [0.2, 0.25) is 5.78 Å². The Morgan fingerprint density at radius 1 is 1.05 bits per heavy atom. The van der Waals surface area contributed by atoms with Crippen LogP contribution in [0.3, 0.4) is 0 Å². The minimum atomic E-state index is -0.184. The average Bonchev–Trinajstić information content (AvgIpc) is 2.90. The number of aromatic amines is 1. The Morgan fingerprint density at radius 3 is 2.41 bits per heavy atom. The molecule has 0 spiro atoms. The number of carbonyl (C=O) groups is 2. The van der Waals surface area contributed by atoms with Crippen LogP contribution in [-0.2, 0) is 0 Å². The number of benzene rings is 2. The van der Waals surface area contributed by atoms with Gasteiger partial charge in [0.05, 0.1) is 23.4 Å². The molecule has 5 heteroatoms. The summed E-state index contributed by atoms with van der Waals surface area (Å²) in [4.78, 5) is 28.4. The van der Waals surface area contributed by atoms with Crippen molar-refractivity contribution in [3.8, 4) is 5.75 Å². The summed E-state index contributed by atoms with van der Waals surface area (Å²) < 4.78 is 5.20. The summed E-state index contributed by atoms with van der Waals surface area (Å²) in [5.41, 5.74) is 2.18. The molecule has 0 fully saturated rings. The molecule has 1 aromatic heterocycles. The molecule has 1 N–H and O–H groups in total. The van der Waals surface area contributed by atoms with Gasteiger partial charge in [-0.05, 0) is 12.1 Å². The lowest BCUT2D eigenvalue weighted by Gasteiger charge is -2.14. The zero-order valence-corrected chi connectivity index (χ0v) is 12.3. The number of fused-ring (bicyclic) bond motifs is 4. The fraction of sp³-hybridized carbons (Fsp3) is 0.0588. The molecule has 0 saturated heterocycles. The fourth-order valence-electron chi connectivity index (χ4n) is 2.91. The number of hydrogen-bond donors (Lipinski definition) is 1.